The van der Waals surface area contributed by atoms with E-state index in [1.54, 1.807) is 6.07 Å². The van der Waals surface area contributed by atoms with Crippen LogP contribution >= 0.6 is 39.1 Å². The largest absolute Gasteiger partial charge is 0.207 e. The van der Waals surface area contributed by atoms with E-state index in [0.717, 1.165) is 22.9 Å². The minimum Gasteiger partial charge on any atom is -0.207 e. The molecule has 1 aromatic carbocycles. The summed E-state index contributed by atoms with van der Waals surface area (Å²) in [5, 5.41) is 0. The van der Waals surface area contributed by atoms with Crippen LogP contribution in [0.5, 0.6) is 0 Å². The number of hydrogen-bond donors (Lipinski definition) is 0. The summed E-state index contributed by atoms with van der Waals surface area (Å²) in [5.74, 6) is 0.764. The second kappa shape index (κ2) is 6.96. The molecule has 0 saturated carbocycles. The molecule has 0 aliphatic rings. The first kappa shape index (κ1) is 15.3. The standard InChI is InChI=1S/C13H16BrCl2F/c1-2-3-13(8-15,9-16)7-10-4-11(14)6-12(17)5-10/h4-6H,2-3,7-9H2,1H3. The molecule has 0 N–H and O–H groups in total. The van der Waals surface area contributed by atoms with E-state index in [9.17, 15) is 4.39 Å². The van der Waals surface area contributed by atoms with Crippen LogP contribution in [0.15, 0.2) is 22.7 Å². The fourth-order valence-electron chi connectivity index (χ4n) is 2.03. The fourth-order valence-corrected chi connectivity index (χ4v) is 3.28. The lowest BCUT2D eigenvalue weighted by Gasteiger charge is -2.29. The summed E-state index contributed by atoms with van der Waals surface area (Å²) in [7, 11) is 0. The summed E-state index contributed by atoms with van der Waals surface area (Å²) in [6.45, 7) is 2.11. The Kier molecular flexibility index (Phi) is 6.25. The van der Waals surface area contributed by atoms with Crippen LogP contribution < -0.4 is 0 Å². The Morgan fingerprint density at radius 2 is 1.88 bits per heavy atom. The monoisotopic (exact) mass is 340 g/mol. The van der Waals surface area contributed by atoms with Gasteiger partial charge in [-0.15, -0.1) is 23.2 Å². The molecule has 0 amide bonds. The van der Waals surface area contributed by atoms with Crippen LogP contribution in [0.3, 0.4) is 0 Å². The number of halogens is 4. The molecule has 1 aromatic rings. The number of benzene rings is 1. The van der Waals surface area contributed by atoms with Crippen LogP contribution in [0, 0.1) is 11.2 Å². The predicted molar refractivity (Wildman–Crippen MR) is 76.6 cm³/mol. The van der Waals surface area contributed by atoms with Gasteiger partial charge in [0.15, 0.2) is 0 Å². The minimum absolute atomic E-state index is 0.134. The highest BCUT2D eigenvalue weighted by Crippen LogP contribution is 2.32. The molecule has 0 saturated heterocycles. The van der Waals surface area contributed by atoms with Crippen molar-refractivity contribution < 1.29 is 4.39 Å². The average molecular weight is 342 g/mol. The first-order chi connectivity index (χ1) is 8.05. The molecule has 96 valence electrons. The third-order valence-electron chi connectivity index (χ3n) is 2.85. The van der Waals surface area contributed by atoms with Gasteiger partial charge in [-0.3, -0.25) is 0 Å². The maximum Gasteiger partial charge on any atom is 0.124 e. The van der Waals surface area contributed by atoms with Crippen molar-refractivity contribution in [2.75, 3.05) is 11.8 Å². The molecule has 0 radical (unpaired) electrons. The molecule has 0 aliphatic carbocycles. The third kappa shape index (κ3) is 4.42. The topological polar surface area (TPSA) is 0 Å². The zero-order valence-electron chi connectivity index (χ0n) is 9.78. The number of alkyl halides is 2. The minimum atomic E-state index is -0.232. The van der Waals surface area contributed by atoms with Crippen molar-refractivity contribution in [2.45, 2.75) is 26.2 Å². The van der Waals surface area contributed by atoms with Crippen molar-refractivity contribution in [3.8, 4) is 0 Å². The van der Waals surface area contributed by atoms with E-state index in [0.29, 0.717) is 18.2 Å². The van der Waals surface area contributed by atoms with Crippen molar-refractivity contribution in [3.63, 3.8) is 0 Å². The average Bonchev–Trinajstić information content (AvgIpc) is 2.27. The highest BCUT2D eigenvalue weighted by atomic mass is 79.9. The van der Waals surface area contributed by atoms with Crippen LogP contribution in [0.2, 0.25) is 0 Å². The van der Waals surface area contributed by atoms with Gasteiger partial charge in [-0.05, 0) is 36.6 Å². The molecule has 17 heavy (non-hydrogen) atoms. The zero-order chi connectivity index (χ0) is 12.9. The van der Waals surface area contributed by atoms with Gasteiger partial charge in [-0.25, -0.2) is 4.39 Å². The van der Waals surface area contributed by atoms with Crippen molar-refractivity contribution >= 4 is 39.1 Å². The first-order valence-electron chi connectivity index (χ1n) is 5.62. The smallest absolute Gasteiger partial charge is 0.124 e. The van der Waals surface area contributed by atoms with Crippen molar-refractivity contribution in [3.05, 3.63) is 34.1 Å². The number of rotatable bonds is 6. The predicted octanol–water partition coefficient (Wildman–Crippen LogP) is 5.39. The maximum absolute atomic E-state index is 13.3. The lowest BCUT2D eigenvalue weighted by atomic mass is 9.81. The fraction of sp³-hybridized carbons (Fsp3) is 0.538. The summed E-state index contributed by atoms with van der Waals surface area (Å²) in [5.41, 5.74) is 0.803. The quantitative estimate of drug-likeness (QED) is 0.608. The van der Waals surface area contributed by atoms with Crippen LogP contribution in [0.25, 0.3) is 0 Å². The lowest BCUT2D eigenvalue weighted by molar-refractivity contribution is 0.340. The van der Waals surface area contributed by atoms with Crippen molar-refractivity contribution in [2.24, 2.45) is 5.41 Å². The molecule has 0 heterocycles. The summed E-state index contributed by atoms with van der Waals surface area (Å²) in [6, 6.07) is 4.92. The van der Waals surface area contributed by atoms with Gasteiger partial charge in [0, 0.05) is 21.6 Å². The molecule has 0 aliphatic heterocycles. The van der Waals surface area contributed by atoms with Crippen molar-refractivity contribution in [1.82, 2.24) is 0 Å². The SMILES string of the molecule is CCCC(CCl)(CCl)Cc1cc(F)cc(Br)c1. The zero-order valence-corrected chi connectivity index (χ0v) is 12.9. The molecular formula is C13H16BrCl2F. The Balaban J connectivity index is 2.92. The first-order valence-corrected chi connectivity index (χ1v) is 7.48. The molecule has 4 heteroatoms. The normalized spacial score (nSPS) is 11.8. The molecule has 1 rings (SSSR count). The lowest BCUT2D eigenvalue weighted by Crippen LogP contribution is -2.28. The van der Waals surface area contributed by atoms with Gasteiger partial charge < -0.3 is 0 Å². The molecule has 0 aromatic heterocycles. The van der Waals surface area contributed by atoms with Gasteiger partial charge >= 0.3 is 0 Å². The molecule has 0 fully saturated rings. The molecule has 0 unspecified atom stereocenters. The van der Waals surface area contributed by atoms with Gasteiger partial charge in [-0.1, -0.05) is 29.3 Å². The van der Waals surface area contributed by atoms with Crippen LogP contribution in [-0.2, 0) is 6.42 Å². The highest BCUT2D eigenvalue weighted by molar-refractivity contribution is 9.10. The van der Waals surface area contributed by atoms with E-state index in [1.165, 1.54) is 6.07 Å². The van der Waals surface area contributed by atoms with Crippen LogP contribution in [0.1, 0.15) is 25.3 Å². The van der Waals surface area contributed by atoms with Crippen LogP contribution in [0.4, 0.5) is 4.39 Å². The van der Waals surface area contributed by atoms with E-state index in [1.807, 2.05) is 6.07 Å². The Morgan fingerprint density at radius 1 is 1.24 bits per heavy atom. The Labute approximate surface area is 121 Å². The summed E-state index contributed by atoms with van der Waals surface area (Å²) < 4.78 is 14.1. The maximum atomic E-state index is 13.3. The van der Waals surface area contributed by atoms with E-state index in [2.05, 4.69) is 22.9 Å². The van der Waals surface area contributed by atoms with E-state index in [-0.39, 0.29) is 11.2 Å². The molecular weight excluding hydrogens is 326 g/mol. The molecule has 0 nitrogen and oxygen atoms in total. The Bertz CT molecular complexity index is 344. The Morgan fingerprint density at radius 3 is 2.35 bits per heavy atom. The van der Waals surface area contributed by atoms with Gasteiger partial charge in [0.1, 0.15) is 5.82 Å². The van der Waals surface area contributed by atoms with Gasteiger partial charge in [0.2, 0.25) is 0 Å². The van der Waals surface area contributed by atoms with Gasteiger partial charge in [0.05, 0.1) is 0 Å². The molecule has 0 atom stereocenters. The van der Waals surface area contributed by atoms with Crippen molar-refractivity contribution in [1.29, 1.82) is 0 Å². The van der Waals surface area contributed by atoms with E-state index < -0.39 is 0 Å². The molecule has 0 spiro atoms. The molecule has 0 bridgehead atoms. The van der Waals surface area contributed by atoms with Gasteiger partial charge in [-0.2, -0.15) is 0 Å². The van der Waals surface area contributed by atoms with Crippen LogP contribution in [-0.4, -0.2) is 11.8 Å². The number of hydrogen-bond acceptors (Lipinski definition) is 0. The van der Waals surface area contributed by atoms with E-state index in [4.69, 9.17) is 23.2 Å². The van der Waals surface area contributed by atoms with Gasteiger partial charge in [0.25, 0.3) is 0 Å². The highest BCUT2D eigenvalue weighted by Gasteiger charge is 2.28. The second-order valence-corrected chi connectivity index (χ2v) is 5.92. The second-order valence-electron chi connectivity index (χ2n) is 4.47. The van der Waals surface area contributed by atoms with E-state index >= 15 is 0 Å². The summed E-state index contributed by atoms with van der Waals surface area (Å²) in [4.78, 5) is 0. The summed E-state index contributed by atoms with van der Waals surface area (Å²) in [6.07, 6.45) is 2.69. The Hall–Kier alpha value is 0.210. The third-order valence-corrected chi connectivity index (χ3v) is 4.44. The summed E-state index contributed by atoms with van der Waals surface area (Å²) >= 11 is 15.4.